The van der Waals surface area contributed by atoms with Gasteiger partial charge in [0.05, 0.1) is 0 Å². The Labute approximate surface area is 105 Å². The van der Waals surface area contributed by atoms with Crippen LogP contribution in [0.4, 0.5) is 4.39 Å². The Morgan fingerprint density at radius 2 is 2.00 bits per heavy atom. The van der Waals surface area contributed by atoms with Crippen LogP contribution in [0.5, 0.6) is 0 Å². The molecule has 0 bridgehead atoms. The SMILES string of the molecule is CNC(C)c1ccc(-c2cc(F)ccc2C)s1. The average Bonchev–Trinajstić information content (AvgIpc) is 2.80. The van der Waals surface area contributed by atoms with E-state index in [2.05, 4.69) is 24.4 Å². The minimum atomic E-state index is -0.179. The van der Waals surface area contributed by atoms with E-state index in [0.29, 0.717) is 6.04 Å². The molecule has 0 radical (unpaired) electrons. The highest BCUT2D eigenvalue weighted by Gasteiger charge is 2.10. The summed E-state index contributed by atoms with van der Waals surface area (Å²) in [4.78, 5) is 2.39. The van der Waals surface area contributed by atoms with Gasteiger partial charge >= 0.3 is 0 Å². The molecule has 0 aliphatic heterocycles. The van der Waals surface area contributed by atoms with Crippen LogP contribution in [0.15, 0.2) is 30.3 Å². The van der Waals surface area contributed by atoms with Gasteiger partial charge in [0.15, 0.2) is 0 Å². The van der Waals surface area contributed by atoms with E-state index in [9.17, 15) is 4.39 Å². The molecule has 0 spiro atoms. The van der Waals surface area contributed by atoms with Gasteiger partial charge in [-0.05, 0) is 56.3 Å². The van der Waals surface area contributed by atoms with Crippen LogP contribution in [0.1, 0.15) is 23.4 Å². The van der Waals surface area contributed by atoms with Crippen molar-refractivity contribution in [3.05, 3.63) is 46.6 Å². The molecule has 1 aromatic carbocycles. The molecule has 0 fully saturated rings. The standard InChI is InChI=1S/C14H16FNS/c1-9-4-5-11(15)8-12(9)14-7-6-13(17-14)10(2)16-3/h4-8,10,16H,1-3H3. The van der Waals surface area contributed by atoms with Crippen LogP contribution in [0, 0.1) is 12.7 Å². The zero-order chi connectivity index (χ0) is 12.4. The minimum Gasteiger partial charge on any atom is -0.313 e. The predicted octanol–water partition coefficient (Wildman–Crippen LogP) is 4.14. The molecule has 2 rings (SSSR count). The molecule has 1 heterocycles. The Bertz CT molecular complexity index is 519. The summed E-state index contributed by atoms with van der Waals surface area (Å²) in [7, 11) is 1.94. The number of rotatable bonds is 3. The van der Waals surface area contributed by atoms with Crippen LogP contribution < -0.4 is 5.32 Å². The van der Waals surface area contributed by atoms with Gasteiger partial charge in [0.2, 0.25) is 0 Å². The zero-order valence-corrected chi connectivity index (χ0v) is 11.1. The average molecular weight is 249 g/mol. The molecule has 0 saturated carbocycles. The maximum absolute atomic E-state index is 13.3. The predicted molar refractivity (Wildman–Crippen MR) is 71.9 cm³/mol. The highest BCUT2D eigenvalue weighted by Crippen LogP contribution is 2.33. The molecule has 1 atom stereocenters. The molecule has 1 nitrogen and oxygen atoms in total. The lowest BCUT2D eigenvalue weighted by atomic mass is 10.1. The molecule has 1 N–H and O–H groups in total. The summed E-state index contributed by atoms with van der Waals surface area (Å²) < 4.78 is 13.3. The maximum Gasteiger partial charge on any atom is 0.123 e. The maximum atomic E-state index is 13.3. The monoisotopic (exact) mass is 249 g/mol. The lowest BCUT2D eigenvalue weighted by molar-refractivity contribution is 0.628. The Morgan fingerprint density at radius 3 is 2.71 bits per heavy atom. The molecular weight excluding hydrogens is 233 g/mol. The van der Waals surface area contributed by atoms with Crippen molar-refractivity contribution >= 4 is 11.3 Å². The molecule has 1 aromatic heterocycles. The van der Waals surface area contributed by atoms with Crippen molar-refractivity contribution in [1.29, 1.82) is 0 Å². The summed E-state index contributed by atoms with van der Waals surface area (Å²) >= 11 is 1.71. The molecule has 0 aliphatic rings. The Hall–Kier alpha value is -1.19. The highest BCUT2D eigenvalue weighted by atomic mass is 32.1. The third-order valence-corrected chi connectivity index (χ3v) is 4.25. The first kappa shape index (κ1) is 12.3. The second-order valence-corrected chi connectivity index (χ2v) is 5.29. The number of nitrogens with one attached hydrogen (secondary N) is 1. The van der Waals surface area contributed by atoms with Gasteiger partial charge in [-0.3, -0.25) is 0 Å². The summed E-state index contributed by atoms with van der Waals surface area (Å²) in [6.07, 6.45) is 0. The van der Waals surface area contributed by atoms with Crippen LogP contribution >= 0.6 is 11.3 Å². The summed E-state index contributed by atoms with van der Waals surface area (Å²) in [5.74, 6) is -0.179. The molecule has 0 aliphatic carbocycles. The normalized spacial score (nSPS) is 12.7. The number of halogens is 1. The molecule has 0 saturated heterocycles. The molecule has 0 amide bonds. The van der Waals surface area contributed by atoms with E-state index in [0.717, 1.165) is 16.0 Å². The quantitative estimate of drug-likeness (QED) is 0.862. The molecule has 90 valence electrons. The Morgan fingerprint density at radius 1 is 1.24 bits per heavy atom. The fourth-order valence-electron chi connectivity index (χ4n) is 1.73. The van der Waals surface area contributed by atoms with Gasteiger partial charge in [-0.15, -0.1) is 11.3 Å². The lowest BCUT2D eigenvalue weighted by Crippen LogP contribution is -2.10. The molecular formula is C14H16FNS. The van der Waals surface area contributed by atoms with Crippen molar-refractivity contribution in [2.24, 2.45) is 0 Å². The van der Waals surface area contributed by atoms with Crippen LogP contribution in [-0.4, -0.2) is 7.05 Å². The minimum absolute atomic E-state index is 0.179. The number of benzene rings is 1. The smallest absolute Gasteiger partial charge is 0.123 e. The third kappa shape index (κ3) is 2.56. The molecule has 2 aromatic rings. The Kier molecular flexibility index (Phi) is 3.60. The molecule has 17 heavy (non-hydrogen) atoms. The summed E-state index contributed by atoms with van der Waals surface area (Å²) in [6.45, 7) is 4.13. The van der Waals surface area contributed by atoms with Crippen LogP contribution in [0.3, 0.4) is 0 Å². The van der Waals surface area contributed by atoms with Gasteiger partial charge in [0.25, 0.3) is 0 Å². The van der Waals surface area contributed by atoms with Gasteiger partial charge in [-0.2, -0.15) is 0 Å². The van der Waals surface area contributed by atoms with Gasteiger partial charge in [0, 0.05) is 15.8 Å². The highest BCUT2D eigenvalue weighted by molar-refractivity contribution is 7.15. The lowest BCUT2D eigenvalue weighted by Gasteiger charge is -2.06. The van der Waals surface area contributed by atoms with Crippen molar-refractivity contribution in [3.63, 3.8) is 0 Å². The largest absolute Gasteiger partial charge is 0.313 e. The van der Waals surface area contributed by atoms with Crippen molar-refractivity contribution in [2.75, 3.05) is 7.05 Å². The first-order chi connectivity index (χ1) is 8.11. The van der Waals surface area contributed by atoms with Crippen LogP contribution in [0.25, 0.3) is 10.4 Å². The van der Waals surface area contributed by atoms with E-state index >= 15 is 0 Å². The number of thiophene rings is 1. The van der Waals surface area contributed by atoms with E-state index in [4.69, 9.17) is 0 Å². The fourth-order valence-corrected chi connectivity index (χ4v) is 2.88. The van der Waals surface area contributed by atoms with Gasteiger partial charge in [-0.1, -0.05) is 6.07 Å². The fraction of sp³-hybridized carbons (Fsp3) is 0.286. The number of hydrogen-bond donors (Lipinski definition) is 1. The van der Waals surface area contributed by atoms with Gasteiger partial charge in [-0.25, -0.2) is 4.39 Å². The van der Waals surface area contributed by atoms with Gasteiger partial charge in [0.1, 0.15) is 5.82 Å². The number of aryl methyl sites for hydroxylation is 1. The topological polar surface area (TPSA) is 12.0 Å². The second kappa shape index (κ2) is 4.98. The van der Waals surface area contributed by atoms with Crippen molar-refractivity contribution < 1.29 is 4.39 Å². The molecule has 1 unspecified atom stereocenters. The summed E-state index contributed by atoms with van der Waals surface area (Å²) in [6, 6.07) is 9.44. The summed E-state index contributed by atoms with van der Waals surface area (Å²) in [5.41, 5.74) is 2.10. The zero-order valence-electron chi connectivity index (χ0n) is 10.3. The van der Waals surface area contributed by atoms with E-state index in [1.165, 1.54) is 10.9 Å². The third-order valence-electron chi connectivity index (χ3n) is 2.95. The Balaban J connectivity index is 2.40. The number of hydrogen-bond acceptors (Lipinski definition) is 2. The van der Waals surface area contributed by atoms with E-state index in [1.807, 2.05) is 20.0 Å². The van der Waals surface area contributed by atoms with E-state index in [1.54, 1.807) is 17.4 Å². The second-order valence-electron chi connectivity index (χ2n) is 4.17. The van der Waals surface area contributed by atoms with Gasteiger partial charge < -0.3 is 5.32 Å². The van der Waals surface area contributed by atoms with Crippen LogP contribution in [0.2, 0.25) is 0 Å². The molecule has 3 heteroatoms. The van der Waals surface area contributed by atoms with E-state index in [-0.39, 0.29) is 5.82 Å². The van der Waals surface area contributed by atoms with Crippen molar-refractivity contribution in [1.82, 2.24) is 5.32 Å². The van der Waals surface area contributed by atoms with Crippen LogP contribution in [-0.2, 0) is 0 Å². The summed E-state index contributed by atoms with van der Waals surface area (Å²) in [5, 5.41) is 3.21. The van der Waals surface area contributed by atoms with Crippen molar-refractivity contribution in [2.45, 2.75) is 19.9 Å². The first-order valence-corrected chi connectivity index (χ1v) is 6.47. The van der Waals surface area contributed by atoms with Crippen molar-refractivity contribution in [3.8, 4) is 10.4 Å². The first-order valence-electron chi connectivity index (χ1n) is 5.65. The van der Waals surface area contributed by atoms with E-state index < -0.39 is 0 Å².